The van der Waals surface area contributed by atoms with E-state index in [9.17, 15) is 4.79 Å². The predicted octanol–water partition coefficient (Wildman–Crippen LogP) is 3.45. The molecule has 0 aliphatic heterocycles. The van der Waals surface area contributed by atoms with Crippen LogP contribution in [0.1, 0.15) is 10.5 Å². The zero-order valence-corrected chi connectivity index (χ0v) is 15.0. The van der Waals surface area contributed by atoms with Gasteiger partial charge in [-0.3, -0.25) is 4.79 Å². The van der Waals surface area contributed by atoms with Gasteiger partial charge >= 0.3 is 0 Å². The van der Waals surface area contributed by atoms with Crippen LogP contribution in [0.4, 0.5) is 5.69 Å². The molecule has 3 aromatic rings. The molecule has 0 unspecified atom stereocenters. The predicted molar refractivity (Wildman–Crippen MR) is 98.9 cm³/mol. The van der Waals surface area contributed by atoms with Gasteiger partial charge in [0, 0.05) is 23.0 Å². The number of aromatic amines is 1. The summed E-state index contributed by atoms with van der Waals surface area (Å²) in [6.07, 6.45) is 0. The zero-order chi connectivity index (χ0) is 18.7. The Kier molecular flexibility index (Phi) is 4.88. The molecule has 1 heterocycles. The van der Waals surface area contributed by atoms with Crippen molar-refractivity contribution in [2.75, 3.05) is 33.8 Å². The van der Waals surface area contributed by atoms with E-state index in [1.165, 1.54) is 0 Å². The quantitative estimate of drug-likeness (QED) is 0.707. The molecule has 136 valence electrons. The first-order valence-corrected chi connectivity index (χ1v) is 7.87. The largest absolute Gasteiger partial charge is 0.497 e. The van der Waals surface area contributed by atoms with Crippen LogP contribution in [-0.2, 0) is 0 Å². The maximum Gasteiger partial charge on any atom is 0.272 e. The molecule has 0 aliphatic carbocycles. The smallest absolute Gasteiger partial charge is 0.272 e. The second-order valence-electron chi connectivity index (χ2n) is 5.50. The number of hydrogen-bond acceptors (Lipinski definition) is 5. The average molecular weight is 356 g/mol. The number of H-pyrrole nitrogens is 1. The second kappa shape index (κ2) is 7.26. The third-order valence-electron chi connectivity index (χ3n) is 4.02. The molecule has 7 nitrogen and oxygen atoms in total. The lowest BCUT2D eigenvalue weighted by atomic mass is 10.2. The highest BCUT2D eigenvalue weighted by atomic mass is 16.5. The van der Waals surface area contributed by atoms with E-state index in [0.29, 0.717) is 34.4 Å². The molecule has 0 bridgehead atoms. The van der Waals surface area contributed by atoms with Crippen LogP contribution in [0.3, 0.4) is 0 Å². The number of ether oxygens (including phenoxy) is 4. The van der Waals surface area contributed by atoms with Gasteiger partial charge in [-0.15, -0.1) is 0 Å². The Bertz CT molecular complexity index is 907. The van der Waals surface area contributed by atoms with Crippen LogP contribution in [0.15, 0.2) is 36.4 Å². The van der Waals surface area contributed by atoms with Crippen LogP contribution in [0.25, 0.3) is 10.9 Å². The Morgan fingerprint density at radius 3 is 2.19 bits per heavy atom. The van der Waals surface area contributed by atoms with Gasteiger partial charge in [-0.25, -0.2) is 0 Å². The van der Waals surface area contributed by atoms with Gasteiger partial charge in [0.25, 0.3) is 5.91 Å². The first-order valence-electron chi connectivity index (χ1n) is 7.87. The van der Waals surface area contributed by atoms with Gasteiger partial charge in [-0.05, 0) is 24.3 Å². The molecule has 0 fully saturated rings. The Labute approximate surface area is 150 Å². The zero-order valence-electron chi connectivity index (χ0n) is 15.0. The van der Waals surface area contributed by atoms with Crippen LogP contribution in [-0.4, -0.2) is 39.3 Å². The molecule has 1 aromatic heterocycles. The van der Waals surface area contributed by atoms with Crippen molar-refractivity contribution in [1.82, 2.24) is 4.98 Å². The summed E-state index contributed by atoms with van der Waals surface area (Å²) in [5.74, 6) is 2.04. The molecular formula is C19H20N2O5. The molecule has 2 N–H and O–H groups in total. The average Bonchev–Trinajstić information content (AvgIpc) is 3.09. The summed E-state index contributed by atoms with van der Waals surface area (Å²) in [6, 6.07) is 10.5. The number of benzene rings is 2. The van der Waals surface area contributed by atoms with Crippen molar-refractivity contribution in [2.45, 2.75) is 0 Å². The molecule has 7 heteroatoms. The van der Waals surface area contributed by atoms with Crippen LogP contribution < -0.4 is 24.3 Å². The molecular weight excluding hydrogens is 336 g/mol. The van der Waals surface area contributed by atoms with E-state index in [1.807, 2.05) is 6.07 Å². The van der Waals surface area contributed by atoms with E-state index in [2.05, 4.69) is 10.3 Å². The summed E-state index contributed by atoms with van der Waals surface area (Å²) in [6.45, 7) is 0. The number of carbonyl (C=O) groups excluding carboxylic acids is 1. The van der Waals surface area contributed by atoms with Crippen LogP contribution in [0.5, 0.6) is 23.0 Å². The molecule has 26 heavy (non-hydrogen) atoms. The Morgan fingerprint density at radius 2 is 1.54 bits per heavy atom. The molecule has 2 aromatic carbocycles. The minimum atomic E-state index is -0.300. The first-order chi connectivity index (χ1) is 12.6. The number of amides is 1. The number of rotatable bonds is 6. The van der Waals surface area contributed by atoms with Gasteiger partial charge in [-0.2, -0.15) is 0 Å². The van der Waals surface area contributed by atoms with Crippen molar-refractivity contribution in [2.24, 2.45) is 0 Å². The molecule has 0 aliphatic rings. The summed E-state index contributed by atoms with van der Waals surface area (Å²) in [7, 11) is 6.24. The number of methoxy groups -OCH3 is 4. The van der Waals surface area contributed by atoms with Gasteiger partial charge < -0.3 is 29.2 Å². The van der Waals surface area contributed by atoms with E-state index in [1.54, 1.807) is 58.8 Å². The van der Waals surface area contributed by atoms with Gasteiger partial charge in [0.15, 0.2) is 11.5 Å². The number of hydrogen-bond donors (Lipinski definition) is 2. The number of anilines is 1. The molecule has 0 spiro atoms. The summed E-state index contributed by atoms with van der Waals surface area (Å²) < 4.78 is 21.1. The van der Waals surface area contributed by atoms with Gasteiger partial charge in [0.2, 0.25) is 0 Å². The lowest BCUT2D eigenvalue weighted by molar-refractivity contribution is 0.102. The van der Waals surface area contributed by atoms with Crippen molar-refractivity contribution in [3.05, 3.63) is 42.1 Å². The fourth-order valence-electron chi connectivity index (χ4n) is 2.68. The third kappa shape index (κ3) is 3.23. The third-order valence-corrected chi connectivity index (χ3v) is 4.02. The van der Waals surface area contributed by atoms with E-state index in [-0.39, 0.29) is 5.91 Å². The SMILES string of the molecule is COc1ccc(OC)c(NC(=O)c2cc3cc(OC)c(OC)cc3[nH]2)c1. The molecule has 3 rings (SSSR count). The normalized spacial score (nSPS) is 10.5. The summed E-state index contributed by atoms with van der Waals surface area (Å²) in [4.78, 5) is 15.7. The number of nitrogens with one attached hydrogen (secondary N) is 2. The van der Waals surface area contributed by atoms with Crippen molar-refractivity contribution in [3.63, 3.8) is 0 Å². The molecule has 0 radical (unpaired) electrons. The highest BCUT2D eigenvalue weighted by molar-refractivity contribution is 6.07. The maximum absolute atomic E-state index is 12.7. The lowest BCUT2D eigenvalue weighted by Crippen LogP contribution is -2.13. The molecule has 0 saturated carbocycles. The van der Waals surface area contributed by atoms with E-state index in [4.69, 9.17) is 18.9 Å². The summed E-state index contributed by atoms with van der Waals surface area (Å²) in [5.41, 5.74) is 1.69. The summed E-state index contributed by atoms with van der Waals surface area (Å²) in [5, 5.41) is 3.67. The first kappa shape index (κ1) is 17.5. The van der Waals surface area contributed by atoms with Crippen molar-refractivity contribution in [3.8, 4) is 23.0 Å². The Morgan fingerprint density at radius 1 is 0.846 bits per heavy atom. The van der Waals surface area contributed by atoms with Crippen molar-refractivity contribution >= 4 is 22.5 Å². The molecule has 1 amide bonds. The van der Waals surface area contributed by atoms with Crippen molar-refractivity contribution in [1.29, 1.82) is 0 Å². The van der Waals surface area contributed by atoms with Crippen LogP contribution in [0.2, 0.25) is 0 Å². The fraction of sp³-hybridized carbons (Fsp3) is 0.211. The van der Waals surface area contributed by atoms with Crippen LogP contribution in [0, 0.1) is 0 Å². The number of fused-ring (bicyclic) bond motifs is 1. The highest BCUT2D eigenvalue weighted by Crippen LogP contribution is 2.33. The van der Waals surface area contributed by atoms with Gasteiger partial charge in [-0.1, -0.05) is 0 Å². The van der Waals surface area contributed by atoms with Gasteiger partial charge in [0.1, 0.15) is 17.2 Å². The van der Waals surface area contributed by atoms with E-state index in [0.717, 1.165) is 10.9 Å². The standard InChI is InChI=1S/C19H20N2O5/c1-23-12-5-6-16(24-2)14(9-12)21-19(22)15-7-11-8-17(25-3)18(26-4)10-13(11)20-15/h5-10,20H,1-4H3,(H,21,22). The fourth-order valence-corrected chi connectivity index (χ4v) is 2.68. The molecule has 0 atom stereocenters. The lowest BCUT2D eigenvalue weighted by Gasteiger charge is -2.11. The van der Waals surface area contributed by atoms with Crippen LogP contribution >= 0.6 is 0 Å². The maximum atomic E-state index is 12.7. The minimum absolute atomic E-state index is 0.300. The monoisotopic (exact) mass is 356 g/mol. The highest BCUT2D eigenvalue weighted by Gasteiger charge is 2.15. The topological polar surface area (TPSA) is 81.8 Å². The minimum Gasteiger partial charge on any atom is -0.497 e. The summed E-state index contributed by atoms with van der Waals surface area (Å²) >= 11 is 0. The van der Waals surface area contributed by atoms with Crippen molar-refractivity contribution < 1.29 is 23.7 Å². The number of aromatic nitrogens is 1. The second-order valence-corrected chi connectivity index (χ2v) is 5.50. The number of carbonyl (C=O) groups is 1. The van der Waals surface area contributed by atoms with E-state index >= 15 is 0 Å². The van der Waals surface area contributed by atoms with Gasteiger partial charge in [0.05, 0.1) is 34.1 Å². The Balaban J connectivity index is 1.93. The molecule has 0 saturated heterocycles. The Hall–Kier alpha value is -3.35. The van der Waals surface area contributed by atoms with E-state index < -0.39 is 0 Å².